The number of hydrogen-bond acceptors (Lipinski definition) is 6. The maximum Gasteiger partial charge on any atom is 0.230 e. The standard InChI is InChI=1S/C19H23N5O2/c25-11-10-24-13-17(20-14-24)12-23-8-6-16(7-9-23)19-21-18(22-26-19)15-4-2-1-3-5-15/h1-5,13-14,16,25H,6-12H2. The molecule has 1 aliphatic rings. The molecule has 1 N–H and O–H groups in total. The van der Waals surface area contributed by atoms with Gasteiger partial charge in [0.05, 0.1) is 18.6 Å². The number of piperidine rings is 1. The number of imidazole rings is 1. The van der Waals surface area contributed by atoms with E-state index in [1.807, 2.05) is 41.1 Å². The lowest BCUT2D eigenvalue weighted by atomic mass is 9.96. The maximum absolute atomic E-state index is 8.98. The first-order valence-corrected chi connectivity index (χ1v) is 9.04. The highest BCUT2D eigenvalue weighted by Gasteiger charge is 2.25. The van der Waals surface area contributed by atoms with E-state index in [-0.39, 0.29) is 6.61 Å². The van der Waals surface area contributed by atoms with Gasteiger partial charge in [0.15, 0.2) is 0 Å². The number of aliphatic hydroxyl groups excluding tert-OH is 1. The van der Waals surface area contributed by atoms with E-state index in [0.29, 0.717) is 18.3 Å². The Balaban J connectivity index is 1.33. The SMILES string of the molecule is OCCn1cnc(CN2CCC(c3nc(-c4ccccc4)no3)CC2)c1. The first-order chi connectivity index (χ1) is 12.8. The third-order valence-electron chi connectivity index (χ3n) is 4.84. The van der Waals surface area contributed by atoms with Crippen molar-refractivity contribution in [3.05, 3.63) is 54.4 Å². The monoisotopic (exact) mass is 353 g/mol. The summed E-state index contributed by atoms with van der Waals surface area (Å²) in [5.74, 6) is 1.73. The zero-order valence-electron chi connectivity index (χ0n) is 14.7. The summed E-state index contributed by atoms with van der Waals surface area (Å²) in [4.78, 5) is 11.4. The Labute approximate surface area is 152 Å². The van der Waals surface area contributed by atoms with Crippen LogP contribution in [0.1, 0.15) is 30.3 Å². The molecule has 7 heteroatoms. The van der Waals surface area contributed by atoms with Gasteiger partial charge in [-0.1, -0.05) is 35.5 Å². The lowest BCUT2D eigenvalue weighted by molar-refractivity contribution is 0.186. The molecule has 0 radical (unpaired) electrons. The minimum absolute atomic E-state index is 0.135. The summed E-state index contributed by atoms with van der Waals surface area (Å²) in [6, 6.07) is 9.92. The van der Waals surface area contributed by atoms with Crippen LogP contribution < -0.4 is 0 Å². The number of aromatic nitrogens is 4. The Bertz CT molecular complexity index is 821. The first-order valence-electron chi connectivity index (χ1n) is 9.04. The van der Waals surface area contributed by atoms with Crippen LogP contribution in [0.5, 0.6) is 0 Å². The van der Waals surface area contributed by atoms with Crippen molar-refractivity contribution in [2.75, 3.05) is 19.7 Å². The largest absolute Gasteiger partial charge is 0.395 e. The third kappa shape index (κ3) is 3.84. The van der Waals surface area contributed by atoms with Crippen LogP contribution >= 0.6 is 0 Å². The summed E-state index contributed by atoms with van der Waals surface area (Å²) in [6.07, 6.45) is 5.80. The van der Waals surface area contributed by atoms with Crippen molar-refractivity contribution < 1.29 is 9.63 Å². The molecular weight excluding hydrogens is 330 g/mol. The zero-order valence-corrected chi connectivity index (χ0v) is 14.7. The molecule has 26 heavy (non-hydrogen) atoms. The Kier molecular flexibility index (Phi) is 5.08. The van der Waals surface area contributed by atoms with Gasteiger partial charge in [-0.2, -0.15) is 4.98 Å². The number of likely N-dealkylation sites (tertiary alicyclic amines) is 1. The van der Waals surface area contributed by atoms with E-state index in [0.717, 1.165) is 49.6 Å². The molecule has 3 aromatic rings. The minimum atomic E-state index is 0.135. The lowest BCUT2D eigenvalue weighted by Gasteiger charge is -2.29. The van der Waals surface area contributed by atoms with E-state index in [1.54, 1.807) is 6.33 Å². The fourth-order valence-corrected chi connectivity index (χ4v) is 3.40. The summed E-state index contributed by atoms with van der Waals surface area (Å²) in [5.41, 5.74) is 2.03. The van der Waals surface area contributed by atoms with Crippen molar-refractivity contribution in [2.45, 2.75) is 31.8 Å². The lowest BCUT2D eigenvalue weighted by Crippen LogP contribution is -2.32. The van der Waals surface area contributed by atoms with E-state index in [9.17, 15) is 0 Å². The van der Waals surface area contributed by atoms with Gasteiger partial charge in [-0.15, -0.1) is 0 Å². The average molecular weight is 353 g/mol. The summed E-state index contributed by atoms with van der Waals surface area (Å²) in [6.45, 7) is 3.54. The molecule has 136 valence electrons. The van der Waals surface area contributed by atoms with Crippen LogP contribution in [0.25, 0.3) is 11.4 Å². The number of nitrogens with zero attached hydrogens (tertiary/aromatic N) is 5. The molecule has 7 nitrogen and oxygen atoms in total. The Morgan fingerprint density at radius 2 is 1.96 bits per heavy atom. The van der Waals surface area contributed by atoms with Gasteiger partial charge >= 0.3 is 0 Å². The number of benzene rings is 1. The number of hydrogen-bond donors (Lipinski definition) is 1. The van der Waals surface area contributed by atoms with Gasteiger partial charge < -0.3 is 14.2 Å². The second kappa shape index (κ2) is 7.80. The highest BCUT2D eigenvalue weighted by Crippen LogP contribution is 2.29. The summed E-state index contributed by atoms with van der Waals surface area (Å²) in [5, 5.41) is 13.1. The molecule has 0 bridgehead atoms. The van der Waals surface area contributed by atoms with E-state index in [1.165, 1.54) is 0 Å². The minimum Gasteiger partial charge on any atom is -0.395 e. The molecule has 1 aliphatic heterocycles. The van der Waals surface area contributed by atoms with Gasteiger partial charge in [0.2, 0.25) is 11.7 Å². The van der Waals surface area contributed by atoms with Gasteiger partial charge in [-0.3, -0.25) is 4.90 Å². The Morgan fingerprint density at radius 3 is 2.73 bits per heavy atom. The number of rotatable bonds is 6. The van der Waals surface area contributed by atoms with Crippen molar-refractivity contribution in [3.63, 3.8) is 0 Å². The smallest absolute Gasteiger partial charge is 0.230 e. The molecule has 0 amide bonds. The molecule has 1 saturated heterocycles. The number of aliphatic hydroxyl groups is 1. The summed E-state index contributed by atoms with van der Waals surface area (Å²) < 4.78 is 7.45. The molecule has 4 rings (SSSR count). The van der Waals surface area contributed by atoms with Crippen LogP contribution in [-0.2, 0) is 13.1 Å². The van der Waals surface area contributed by atoms with Crippen LogP contribution in [0.3, 0.4) is 0 Å². The predicted molar refractivity (Wildman–Crippen MR) is 96.3 cm³/mol. The molecule has 0 unspecified atom stereocenters. The summed E-state index contributed by atoms with van der Waals surface area (Å²) >= 11 is 0. The van der Waals surface area contributed by atoms with Crippen LogP contribution in [-0.4, -0.2) is 49.4 Å². The van der Waals surface area contributed by atoms with Gasteiger partial charge in [0.1, 0.15) is 0 Å². The molecule has 2 aromatic heterocycles. The average Bonchev–Trinajstić information content (AvgIpc) is 3.33. The van der Waals surface area contributed by atoms with Crippen LogP contribution in [0.2, 0.25) is 0 Å². The molecule has 0 aliphatic carbocycles. The summed E-state index contributed by atoms with van der Waals surface area (Å²) in [7, 11) is 0. The highest BCUT2D eigenvalue weighted by atomic mass is 16.5. The quantitative estimate of drug-likeness (QED) is 0.732. The van der Waals surface area contributed by atoms with Crippen molar-refractivity contribution in [3.8, 4) is 11.4 Å². The van der Waals surface area contributed by atoms with Crippen molar-refractivity contribution in [1.82, 2.24) is 24.6 Å². The Morgan fingerprint density at radius 1 is 1.15 bits per heavy atom. The van der Waals surface area contributed by atoms with E-state index >= 15 is 0 Å². The van der Waals surface area contributed by atoms with Gasteiger partial charge in [-0.25, -0.2) is 4.98 Å². The molecule has 0 atom stereocenters. The van der Waals surface area contributed by atoms with Crippen molar-refractivity contribution >= 4 is 0 Å². The Hall–Kier alpha value is -2.51. The van der Waals surface area contributed by atoms with Crippen LogP contribution in [0, 0.1) is 0 Å². The highest BCUT2D eigenvalue weighted by molar-refractivity contribution is 5.53. The van der Waals surface area contributed by atoms with Gasteiger partial charge in [-0.05, 0) is 25.9 Å². The van der Waals surface area contributed by atoms with E-state index in [4.69, 9.17) is 9.63 Å². The van der Waals surface area contributed by atoms with Gasteiger partial charge in [0, 0.05) is 30.8 Å². The zero-order chi connectivity index (χ0) is 17.8. The second-order valence-electron chi connectivity index (χ2n) is 6.70. The van der Waals surface area contributed by atoms with Gasteiger partial charge in [0.25, 0.3) is 0 Å². The first kappa shape index (κ1) is 16.9. The normalized spacial score (nSPS) is 16.2. The fraction of sp³-hybridized carbons (Fsp3) is 0.421. The van der Waals surface area contributed by atoms with E-state index < -0.39 is 0 Å². The molecule has 1 fully saturated rings. The van der Waals surface area contributed by atoms with Crippen LogP contribution in [0.15, 0.2) is 47.4 Å². The molecule has 3 heterocycles. The third-order valence-corrected chi connectivity index (χ3v) is 4.84. The second-order valence-corrected chi connectivity index (χ2v) is 6.70. The molecular formula is C19H23N5O2. The molecule has 0 saturated carbocycles. The predicted octanol–water partition coefficient (Wildman–Crippen LogP) is 2.31. The van der Waals surface area contributed by atoms with Crippen molar-refractivity contribution in [1.29, 1.82) is 0 Å². The molecule has 1 aromatic carbocycles. The maximum atomic E-state index is 8.98. The van der Waals surface area contributed by atoms with Crippen molar-refractivity contribution in [2.24, 2.45) is 0 Å². The molecule has 0 spiro atoms. The van der Waals surface area contributed by atoms with E-state index in [2.05, 4.69) is 20.0 Å². The topological polar surface area (TPSA) is 80.2 Å². The fourth-order valence-electron chi connectivity index (χ4n) is 3.40. The van der Waals surface area contributed by atoms with Crippen LogP contribution in [0.4, 0.5) is 0 Å².